The van der Waals surface area contributed by atoms with E-state index in [0.717, 1.165) is 33.4 Å². The van der Waals surface area contributed by atoms with E-state index >= 15 is 14.4 Å². The van der Waals surface area contributed by atoms with Crippen LogP contribution in [0.15, 0.2) is 78.9 Å². The number of ether oxygens (including phenoxy) is 4. The topological polar surface area (TPSA) is 114 Å². The van der Waals surface area contributed by atoms with Crippen molar-refractivity contribution < 1.29 is 42.4 Å². The molecule has 0 bridgehead atoms. The molecule has 0 aliphatic rings. The van der Waals surface area contributed by atoms with Crippen molar-refractivity contribution in [2.45, 2.75) is 75.7 Å². The van der Waals surface area contributed by atoms with Crippen LogP contribution in [-0.4, -0.2) is 57.2 Å². The summed E-state index contributed by atoms with van der Waals surface area (Å²) in [7, 11) is 0.921. The number of benzene rings is 5. The van der Waals surface area contributed by atoms with Crippen molar-refractivity contribution in [3.63, 3.8) is 0 Å². The summed E-state index contributed by atoms with van der Waals surface area (Å²) in [5, 5.41) is 0.375. The molecule has 0 fully saturated rings. The first-order valence-electron chi connectivity index (χ1n) is 21.0. The van der Waals surface area contributed by atoms with Gasteiger partial charge in [0.1, 0.15) is 49.1 Å². The molecule has 0 saturated heterocycles. The van der Waals surface area contributed by atoms with Gasteiger partial charge in [0.25, 0.3) is 7.49 Å². The minimum absolute atomic E-state index is 0.0250. The summed E-state index contributed by atoms with van der Waals surface area (Å²) in [5.41, 5.74) is 5.15. The first-order chi connectivity index (χ1) is 29.7. The Kier molecular flexibility index (Phi) is 15.6. The molecular formula is C52H61O9P2+. The van der Waals surface area contributed by atoms with E-state index in [9.17, 15) is 4.79 Å². The van der Waals surface area contributed by atoms with Gasteiger partial charge in [0, 0.05) is 27.6 Å². The van der Waals surface area contributed by atoms with E-state index in [4.69, 9.17) is 23.3 Å². The standard InChI is InChI=1S/C52H61O9P2/c1-30-24-33(4)43(34(5)25-30)48(53)37-18-15-23-42(45(37)49(54)44-35(6)26-31(2)27-36(44)7)62-61-63(29-32(3)28-52(8,9)10,50(55)46-38(57-11)19-16-20-39(46)58-12)51(56)47-40(59-13)21-17-22-41(47)60-14/h15-27,32,62H,28-29H2,1-14H3/q+1. The second-order valence-corrected chi connectivity index (χ2v) is 21.7. The Morgan fingerprint density at radius 3 is 1.32 bits per heavy atom. The Morgan fingerprint density at radius 2 is 0.937 bits per heavy atom. The van der Waals surface area contributed by atoms with Crippen molar-refractivity contribution in [2.75, 3.05) is 34.6 Å². The highest BCUT2D eigenvalue weighted by atomic mass is 31.2. The molecule has 0 N–H and O–H groups in total. The molecule has 0 aliphatic heterocycles. The van der Waals surface area contributed by atoms with Gasteiger partial charge >= 0.3 is 11.0 Å². The van der Waals surface area contributed by atoms with Gasteiger partial charge in [-0.3, -0.25) is 9.59 Å². The monoisotopic (exact) mass is 891 g/mol. The van der Waals surface area contributed by atoms with Gasteiger partial charge in [0.15, 0.2) is 11.6 Å². The summed E-state index contributed by atoms with van der Waals surface area (Å²) >= 11 is 0. The third-order valence-corrected chi connectivity index (χ3v) is 16.3. The summed E-state index contributed by atoms with van der Waals surface area (Å²) in [6.07, 6.45) is 0.667. The zero-order valence-corrected chi connectivity index (χ0v) is 41.0. The fourth-order valence-electron chi connectivity index (χ4n) is 8.95. The summed E-state index contributed by atoms with van der Waals surface area (Å²) in [6.45, 7) is 19.8. The molecule has 0 heterocycles. The van der Waals surface area contributed by atoms with E-state index in [1.165, 1.54) is 28.4 Å². The third kappa shape index (κ3) is 10.3. The maximum atomic E-state index is 15.9. The van der Waals surface area contributed by atoms with E-state index < -0.39 is 27.3 Å². The smallest absolute Gasteiger partial charge is 0.344 e. The molecule has 0 spiro atoms. The Bertz CT molecular complexity index is 2410. The Balaban J connectivity index is 1.87. The average molecular weight is 892 g/mol. The molecule has 0 radical (unpaired) electrons. The van der Waals surface area contributed by atoms with Crippen LogP contribution in [0.25, 0.3) is 0 Å². The molecule has 9 nitrogen and oxygen atoms in total. The van der Waals surface area contributed by atoms with Crippen molar-refractivity contribution in [2.24, 2.45) is 11.3 Å². The number of rotatable bonds is 18. The summed E-state index contributed by atoms with van der Waals surface area (Å²) < 4.78 is 30.4. The van der Waals surface area contributed by atoms with E-state index in [-0.39, 0.29) is 74.3 Å². The molecule has 0 amide bonds. The van der Waals surface area contributed by atoms with Crippen molar-refractivity contribution in [3.05, 3.63) is 146 Å². The summed E-state index contributed by atoms with van der Waals surface area (Å²) in [5.74, 6) is -0.0760. The molecule has 11 heteroatoms. The van der Waals surface area contributed by atoms with Gasteiger partial charge < -0.3 is 18.9 Å². The molecular weight excluding hydrogens is 831 g/mol. The second kappa shape index (κ2) is 20.1. The van der Waals surface area contributed by atoms with E-state index in [0.29, 0.717) is 22.9 Å². The van der Waals surface area contributed by atoms with Crippen molar-refractivity contribution in [1.29, 1.82) is 0 Å². The molecule has 63 heavy (non-hydrogen) atoms. The van der Waals surface area contributed by atoms with Crippen molar-refractivity contribution >= 4 is 44.2 Å². The second-order valence-electron chi connectivity index (χ2n) is 17.6. The molecule has 0 aromatic heterocycles. The Labute approximate surface area is 375 Å². The minimum atomic E-state index is -4.14. The predicted octanol–water partition coefficient (Wildman–Crippen LogP) is 12.0. The van der Waals surface area contributed by atoms with Crippen molar-refractivity contribution in [3.8, 4) is 23.0 Å². The van der Waals surface area contributed by atoms with Crippen LogP contribution in [0.4, 0.5) is 0 Å². The minimum Gasteiger partial charge on any atom is -0.496 e. The molecule has 0 saturated carbocycles. The maximum Gasteiger partial charge on any atom is 0.344 e. The van der Waals surface area contributed by atoms with Gasteiger partial charge in [-0.15, -0.1) is 0 Å². The van der Waals surface area contributed by atoms with Crippen LogP contribution >= 0.6 is 16.3 Å². The normalized spacial score (nSPS) is 12.3. The van der Waals surface area contributed by atoms with Gasteiger partial charge in [0.2, 0.25) is 0 Å². The van der Waals surface area contributed by atoms with E-state index in [1.807, 2.05) is 72.7 Å². The van der Waals surface area contributed by atoms with E-state index in [1.54, 1.807) is 54.6 Å². The number of methoxy groups -OCH3 is 4. The predicted molar refractivity (Wildman–Crippen MR) is 256 cm³/mol. The molecule has 5 aromatic rings. The molecule has 2 atom stereocenters. The molecule has 5 aromatic carbocycles. The number of hydrogen-bond donors (Lipinski definition) is 0. The van der Waals surface area contributed by atoms with Gasteiger partial charge in [-0.2, -0.15) is 4.31 Å². The van der Waals surface area contributed by atoms with Crippen LogP contribution in [-0.2, 0) is 4.31 Å². The zero-order chi connectivity index (χ0) is 46.6. The first kappa shape index (κ1) is 48.8. The molecule has 332 valence electrons. The van der Waals surface area contributed by atoms with Crippen LogP contribution in [0.1, 0.15) is 120 Å². The lowest BCUT2D eigenvalue weighted by Gasteiger charge is -2.29. The Morgan fingerprint density at radius 1 is 0.556 bits per heavy atom. The van der Waals surface area contributed by atoms with E-state index in [2.05, 4.69) is 20.8 Å². The van der Waals surface area contributed by atoms with Crippen molar-refractivity contribution in [1.82, 2.24) is 0 Å². The quantitative estimate of drug-likeness (QED) is 0.0626. The number of hydrogen-bond acceptors (Lipinski definition) is 9. The van der Waals surface area contributed by atoms with Gasteiger partial charge in [-0.05, 0) is 106 Å². The van der Waals surface area contributed by atoms with Gasteiger partial charge in [-0.1, -0.05) is 93.4 Å². The molecule has 0 aliphatic carbocycles. The number of carbonyl (C=O) groups excluding carboxylic acids is 4. The fraction of sp³-hybridized carbons (Fsp3) is 0.346. The third-order valence-electron chi connectivity index (χ3n) is 11.1. The Hall–Kier alpha value is -5.20. The lowest BCUT2D eigenvalue weighted by molar-refractivity contribution is 0.100. The highest BCUT2D eigenvalue weighted by Gasteiger charge is 2.61. The highest BCUT2D eigenvalue weighted by Crippen LogP contribution is 2.71. The zero-order valence-electron chi connectivity index (χ0n) is 39.1. The number of aryl methyl sites for hydroxylation is 6. The highest BCUT2D eigenvalue weighted by molar-refractivity contribution is 8.03. The average Bonchev–Trinajstić information content (AvgIpc) is 3.22. The van der Waals surface area contributed by atoms with Crippen LogP contribution in [0, 0.1) is 52.9 Å². The van der Waals surface area contributed by atoms with Crippen LogP contribution < -0.4 is 24.3 Å². The van der Waals surface area contributed by atoms with Crippen LogP contribution in [0.5, 0.6) is 23.0 Å². The molecule has 2 unspecified atom stereocenters. The van der Waals surface area contributed by atoms with Crippen LogP contribution in [0.2, 0.25) is 0 Å². The molecule has 5 rings (SSSR count). The largest absolute Gasteiger partial charge is 0.496 e. The number of ketones is 2. The lowest BCUT2D eigenvalue weighted by Crippen LogP contribution is -2.27. The van der Waals surface area contributed by atoms with Crippen LogP contribution in [0.3, 0.4) is 0 Å². The van der Waals surface area contributed by atoms with Gasteiger partial charge in [0.05, 0.1) is 28.4 Å². The first-order valence-corrected chi connectivity index (χ1v) is 23.8. The fourth-order valence-corrected chi connectivity index (χ4v) is 14.1. The maximum absolute atomic E-state index is 15.9. The van der Waals surface area contributed by atoms with Gasteiger partial charge in [-0.25, -0.2) is 9.59 Å². The SMILES string of the molecule is COc1cccc(OC)c1C(=O)[P+](CC(C)CC(C)(C)C)(OPc1cccc(C(=O)c2c(C)cc(C)cc2C)c1C(=O)c1c(C)cc(C)cc1C)C(=O)c1c(OC)cccc1OC. The number of carbonyl (C=O) groups is 4. The summed E-state index contributed by atoms with van der Waals surface area (Å²) in [4.78, 5) is 62.1. The summed E-state index contributed by atoms with van der Waals surface area (Å²) in [6, 6.07) is 22.9. The lowest BCUT2D eigenvalue weighted by atomic mass is 9.86.